The second kappa shape index (κ2) is 11.0. The maximum Gasteiger partial charge on any atom is 0.153 e. The van der Waals surface area contributed by atoms with Gasteiger partial charge in [-0.05, 0) is 86.1 Å². The number of phenols is 2. The Labute approximate surface area is 209 Å². The Morgan fingerprint density at radius 1 is 0.824 bits per heavy atom. The van der Waals surface area contributed by atoms with Gasteiger partial charge in [-0.15, -0.1) is 23.7 Å². The molecule has 1 aromatic heterocycles. The Hall–Kier alpha value is -2.93. The number of hydrogen-bond acceptors (Lipinski definition) is 6. The van der Waals surface area contributed by atoms with Gasteiger partial charge in [0.05, 0.1) is 4.88 Å². The van der Waals surface area contributed by atoms with Crippen molar-refractivity contribution in [3.63, 3.8) is 0 Å². The number of benzene rings is 3. The van der Waals surface area contributed by atoms with Crippen molar-refractivity contribution in [2.45, 2.75) is 19.3 Å². The number of ether oxygens (including phenoxy) is 2. The third-order valence-electron chi connectivity index (χ3n) is 5.90. The van der Waals surface area contributed by atoms with Crippen LogP contribution in [-0.4, -0.2) is 41.4 Å². The van der Waals surface area contributed by atoms with Gasteiger partial charge in [0.1, 0.15) is 29.6 Å². The average molecular weight is 498 g/mol. The maximum absolute atomic E-state index is 9.97. The van der Waals surface area contributed by atoms with Gasteiger partial charge < -0.3 is 19.7 Å². The monoisotopic (exact) mass is 497 g/mol. The van der Waals surface area contributed by atoms with Gasteiger partial charge >= 0.3 is 0 Å². The number of rotatable bonds is 7. The molecule has 0 saturated carbocycles. The van der Waals surface area contributed by atoms with E-state index in [9.17, 15) is 10.2 Å². The summed E-state index contributed by atoms with van der Waals surface area (Å²) in [6.07, 6.45) is 3.91. The van der Waals surface area contributed by atoms with Crippen LogP contribution in [-0.2, 0) is 0 Å². The zero-order valence-corrected chi connectivity index (χ0v) is 20.4. The van der Waals surface area contributed by atoms with E-state index in [0.29, 0.717) is 18.1 Å². The van der Waals surface area contributed by atoms with Crippen LogP contribution in [0.1, 0.15) is 19.3 Å². The smallest absolute Gasteiger partial charge is 0.153 e. The molecule has 0 radical (unpaired) electrons. The second-order valence-corrected chi connectivity index (χ2v) is 9.37. The first kappa shape index (κ1) is 24.2. The zero-order valence-electron chi connectivity index (χ0n) is 18.8. The van der Waals surface area contributed by atoms with E-state index in [1.165, 1.54) is 43.7 Å². The molecule has 5 rings (SSSR count). The Balaban J connectivity index is 0.00000274. The third-order valence-corrected chi connectivity index (χ3v) is 7.09. The van der Waals surface area contributed by atoms with Crippen LogP contribution in [0.15, 0.2) is 66.7 Å². The normalized spacial score (nSPS) is 14.0. The Morgan fingerprint density at radius 2 is 1.56 bits per heavy atom. The number of likely N-dealkylation sites (tertiary alicyclic amines) is 1. The molecule has 0 atom stereocenters. The maximum atomic E-state index is 9.97. The topological polar surface area (TPSA) is 62.2 Å². The predicted octanol–water partition coefficient (Wildman–Crippen LogP) is 7.06. The lowest BCUT2D eigenvalue weighted by molar-refractivity contribution is 0.183. The van der Waals surface area contributed by atoms with Crippen LogP contribution in [0, 0.1) is 0 Å². The number of thiophene rings is 1. The predicted molar refractivity (Wildman–Crippen MR) is 140 cm³/mol. The number of nitrogens with zero attached hydrogens (tertiary/aromatic N) is 1. The minimum atomic E-state index is 0. The highest BCUT2D eigenvalue weighted by Gasteiger charge is 2.17. The molecular weight excluding hydrogens is 470 g/mol. The van der Waals surface area contributed by atoms with E-state index >= 15 is 0 Å². The van der Waals surface area contributed by atoms with Crippen LogP contribution in [0.5, 0.6) is 28.7 Å². The van der Waals surface area contributed by atoms with Crippen molar-refractivity contribution in [3.05, 3.63) is 66.7 Å². The molecular formula is C27H28ClNO4S. The quantitative estimate of drug-likeness (QED) is 0.286. The number of halogens is 1. The number of hydrogen-bond donors (Lipinski definition) is 2. The first-order valence-electron chi connectivity index (χ1n) is 11.3. The van der Waals surface area contributed by atoms with Gasteiger partial charge in [0.25, 0.3) is 0 Å². The van der Waals surface area contributed by atoms with E-state index in [1.807, 2.05) is 42.5 Å². The summed E-state index contributed by atoms with van der Waals surface area (Å²) >= 11 is 1.52. The molecule has 0 amide bonds. The summed E-state index contributed by atoms with van der Waals surface area (Å²) in [6, 6.07) is 20.1. The van der Waals surface area contributed by atoms with Crippen molar-refractivity contribution in [2.24, 2.45) is 0 Å². The van der Waals surface area contributed by atoms with Crippen molar-refractivity contribution in [1.29, 1.82) is 0 Å². The molecule has 0 bridgehead atoms. The van der Waals surface area contributed by atoms with Crippen LogP contribution in [0.3, 0.4) is 0 Å². The van der Waals surface area contributed by atoms with Crippen molar-refractivity contribution < 1.29 is 19.7 Å². The zero-order chi connectivity index (χ0) is 22.6. The van der Waals surface area contributed by atoms with Crippen LogP contribution in [0.2, 0.25) is 0 Å². The molecule has 178 valence electrons. The molecule has 7 heteroatoms. The molecule has 3 aromatic carbocycles. The van der Waals surface area contributed by atoms with Crippen molar-refractivity contribution in [2.75, 3.05) is 26.2 Å². The second-order valence-electron chi connectivity index (χ2n) is 8.32. The van der Waals surface area contributed by atoms with Gasteiger partial charge in [0.2, 0.25) is 0 Å². The van der Waals surface area contributed by atoms with E-state index in [0.717, 1.165) is 32.8 Å². The van der Waals surface area contributed by atoms with E-state index in [4.69, 9.17) is 9.47 Å². The van der Waals surface area contributed by atoms with Gasteiger partial charge in [-0.2, -0.15) is 0 Å². The Kier molecular flexibility index (Phi) is 7.83. The molecule has 1 saturated heterocycles. The number of aromatic hydroxyl groups is 2. The number of phenolic OH excluding ortho intramolecular Hbond substituents is 2. The van der Waals surface area contributed by atoms with Crippen molar-refractivity contribution in [3.8, 4) is 39.2 Å². The highest BCUT2D eigenvalue weighted by molar-refractivity contribution is 7.22. The van der Waals surface area contributed by atoms with E-state index in [1.54, 1.807) is 24.3 Å². The molecule has 0 aliphatic carbocycles. The molecule has 1 aliphatic rings. The van der Waals surface area contributed by atoms with E-state index < -0.39 is 0 Å². The first-order chi connectivity index (χ1) is 16.2. The molecule has 5 nitrogen and oxygen atoms in total. The van der Waals surface area contributed by atoms with Crippen LogP contribution >= 0.6 is 23.7 Å². The Morgan fingerprint density at radius 3 is 2.32 bits per heavy atom. The average Bonchev–Trinajstić information content (AvgIpc) is 3.18. The number of fused-ring (bicyclic) bond motifs is 1. The van der Waals surface area contributed by atoms with Gasteiger partial charge in [-0.3, -0.25) is 4.90 Å². The fourth-order valence-electron chi connectivity index (χ4n) is 4.20. The largest absolute Gasteiger partial charge is 0.508 e. The summed E-state index contributed by atoms with van der Waals surface area (Å²) in [5.41, 5.74) is 0.864. The first-order valence-corrected chi connectivity index (χ1v) is 12.2. The molecule has 0 unspecified atom stereocenters. The minimum Gasteiger partial charge on any atom is -0.508 e. The van der Waals surface area contributed by atoms with Gasteiger partial charge in [-0.1, -0.05) is 18.6 Å². The molecule has 34 heavy (non-hydrogen) atoms. The molecule has 2 heterocycles. The lowest BCUT2D eigenvalue weighted by Crippen LogP contribution is -2.33. The van der Waals surface area contributed by atoms with Crippen LogP contribution in [0.25, 0.3) is 20.5 Å². The van der Waals surface area contributed by atoms with Gasteiger partial charge in [-0.25, -0.2) is 0 Å². The van der Waals surface area contributed by atoms with Crippen LogP contribution < -0.4 is 9.47 Å². The summed E-state index contributed by atoms with van der Waals surface area (Å²) in [5, 5.41) is 20.8. The van der Waals surface area contributed by atoms with E-state index in [-0.39, 0.29) is 23.9 Å². The summed E-state index contributed by atoms with van der Waals surface area (Å²) in [4.78, 5) is 3.36. The van der Waals surface area contributed by atoms with Gasteiger partial charge in [0.15, 0.2) is 5.75 Å². The minimum absolute atomic E-state index is 0. The van der Waals surface area contributed by atoms with Crippen LogP contribution in [0.4, 0.5) is 0 Å². The van der Waals surface area contributed by atoms with E-state index in [2.05, 4.69) is 4.90 Å². The molecule has 1 fully saturated rings. The summed E-state index contributed by atoms with van der Waals surface area (Å²) in [7, 11) is 0. The molecule has 1 aliphatic heterocycles. The summed E-state index contributed by atoms with van der Waals surface area (Å²) in [5.74, 6) is 2.65. The highest BCUT2D eigenvalue weighted by atomic mass is 35.5. The van der Waals surface area contributed by atoms with Crippen molar-refractivity contribution in [1.82, 2.24) is 4.90 Å². The highest BCUT2D eigenvalue weighted by Crippen LogP contribution is 2.47. The fraction of sp³-hybridized carbons (Fsp3) is 0.259. The molecule has 4 aromatic rings. The van der Waals surface area contributed by atoms with Crippen molar-refractivity contribution >= 4 is 33.8 Å². The summed E-state index contributed by atoms with van der Waals surface area (Å²) in [6.45, 7) is 3.98. The SMILES string of the molecule is Cl.Oc1cccc(-c2sc3cc(O)ccc3c2Oc2ccc(OCCN3CCCCC3)cc2)c1. The lowest BCUT2D eigenvalue weighted by atomic mass is 10.1. The lowest BCUT2D eigenvalue weighted by Gasteiger charge is -2.26. The van der Waals surface area contributed by atoms with Gasteiger partial charge in [0, 0.05) is 16.6 Å². The number of piperidine rings is 1. The molecule has 2 N–H and O–H groups in total. The molecule has 0 spiro atoms. The summed E-state index contributed by atoms with van der Waals surface area (Å²) < 4.78 is 13.2. The standard InChI is InChI=1S/C27H27NO4S.ClH/c29-20-6-4-5-19(17-20)27-26(24-12-7-21(30)18-25(24)33-27)32-23-10-8-22(9-11-23)31-16-15-28-13-2-1-3-14-28;/h4-12,17-18,29-30H,1-3,13-16H2;1H. The third kappa shape index (κ3) is 5.58. The Bertz CT molecular complexity index is 1240. The fourth-order valence-corrected chi connectivity index (χ4v) is 5.36.